The van der Waals surface area contributed by atoms with Crippen molar-refractivity contribution in [2.24, 2.45) is 0 Å². The second kappa shape index (κ2) is 8.62. The summed E-state index contributed by atoms with van der Waals surface area (Å²) in [5.74, 6) is -1.94. The van der Waals surface area contributed by atoms with Crippen LogP contribution >= 0.6 is 22.6 Å². The second-order valence-electron chi connectivity index (χ2n) is 5.96. The predicted octanol–water partition coefficient (Wildman–Crippen LogP) is 2.71. The van der Waals surface area contributed by atoms with Crippen LogP contribution in [0.4, 0.5) is 11.4 Å². The van der Waals surface area contributed by atoms with Crippen molar-refractivity contribution >= 4 is 55.9 Å². The van der Waals surface area contributed by atoms with Gasteiger partial charge >= 0.3 is 0 Å². The van der Waals surface area contributed by atoms with Crippen molar-refractivity contribution < 1.29 is 23.1 Å². The van der Waals surface area contributed by atoms with Crippen LogP contribution in [0.2, 0.25) is 0 Å². The van der Waals surface area contributed by atoms with Crippen LogP contribution in [-0.2, 0) is 10.0 Å². The quantitative estimate of drug-likeness (QED) is 0.485. The van der Waals surface area contributed by atoms with Crippen molar-refractivity contribution in [1.29, 1.82) is 0 Å². The number of amides is 1. The largest absolute Gasteiger partial charge is 0.545 e. The number of sulfonamides is 1. The van der Waals surface area contributed by atoms with Gasteiger partial charge in [-0.05, 0) is 82.8 Å². The van der Waals surface area contributed by atoms with Gasteiger partial charge in [-0.2, -0.15) is 0 Å². The van der Waals surface area contributed by atoms with Crippen LogP contribution in [-0.4, -0.2) is 20.3 Å². The Hall–Kier alpha value is -2.92. The SMILES string of the molecule is O=C([O-])c1cccc(NC(=O)c2cccc(S(=O)(=O)Nc3ccc(I)cc3)c2)c1. The molecule has 0 saturated heterocycles. The molecule has 29 heavy (non-hydrogen) atoms. The molecule has 0 spiro atoms. The molecule has 148 valence electrons. The lowest BCUT2D eigenvalue weighted by atomic mass is 10.2. The van der Waals surface area contributed by atoms with Gasteiger partial charge in [0, 0.05) is 20.5 Å². The number of nitrogens with one attached hydrogen (secondary N) is 2. The van der Waals surface area contributed by atoms with Gasteiger partial charge in [-0.25, -0.2) is 8.42 Å². The molecule has 0 aromatic heterocycles. The van der Waals surface area contributed by atoms with E-state index >= 15 is 0 Å². The number of carbonyl (C=O) groups is 2. The summed E-state index contributed by atoms with van der Waals surface area (Å²) >= 11 is 2.11. The molecule has 1 amide bonds. The molecule has 3 aromatic carbocycles. The Morgan fingerprint density at radius 2 is 1.48 bits per heavy atom. The first-order valence-electron chi connectivity index (χ1n) is 8.26. The number of hydrogen-bond acceptors (Lipinski definition) is 5. The molecule has 7 nitrogen and oxygen atoms in total. The maximum atomic E-state index is 12.6. The van der Waals surface area contributed by atoms with Crippen molar-refractivity contribution in [2.75, 3.05) is 10.0 Å². The summed E-state index contributed by atoms with van der Waals surface area (Å²) in [5.41, 5.74) is 0.677. The van der Waals surface area contributed by atoms with Crippen molar-refractivity contribution in [3.8, 4) is 0 Å². The van der Waals surface area contributed by atoms with Gasteiger partial charge in [0.15, 0.2) is 0 Å². The number of halogens is 1. The smallest absolute Gasteiger partial charge is 0.261 e. The van der Waals surface area contributed by atoms with Gasteiger partial charge in [-0.1, -0.05) is 18.2 Å². The minimum atomic E-state index is -3.89. The van der Waals surface area contributed by atoms with E-state index in [-0.39, 0.29) is 21.7 Å². The highest BCUT2D eigenvalue weighted by atomic mass is 127. The lowest BCUT2D eigenvalue weighted by Gasteiger charge is -2.11. The molecule has 0 bridgehead atoms. The molecule has 0 unspecified atom stereocenters. The van der Waals surface area contributed by atoms with Gasteiger partial charge < -0.3 is 15.2 Å². The minimum Gasteiger partial charge on any atom is -0.545 e. The third kappa shape index (κ3) is 5.33. The Labute approximate surface area is 181 Å². The number of benzene rings is 3. The molecular weight excluding hydrogens is 507 g/mol. The summed E-state index contributed by atoms with van der Waals surface area (Å²) in [6.45, 7) is 0. The molecule has 9 heteroatoms. The number of carboxylic acids is 1. The van der Waals surface area contributed by atoms with E-state index in [0.717, 1.165) is 3.57 Å². The van der Waals surface area contributed by atoms with E-state index in [1.807, 2.05) is 0 Å². The first kappa shape index (κ1) is 20.8. The number of rotatable bonds is 6. The predicted molar refractivity (Wildman–Crippen MR) is 115 cm³/mol. The van der Waals surface area contributed by atoms with E-state index in [4.69, 9.17) is 0 Å². The van der Waals surface area contributed by atoms with Gasteiger partial charge in [0.05, 0.1) is 10.9 Å². The Morgan fingerprint density at radius 3 is 2.17 bits per heavy atom. The highest BCUT2D eigenvalue weighted by molar-refractivity contribution is 14.1. The summed E-state index contributed by atoms with van der Waals surface area (Å²) < 4.78 is 28.7. The molecule has 0 aliphatic rings. The van der Waals surface area contributed by atoms with Crippen LogP contribution in [0.25, 0.3) is 0 Å². The first-order chi connectivity index (χ1) is 13.7. The van der Waals surface area contributed by atoms with Crippen molar-refractivity contribution in [1.82, 2.24) is 0 Å². The zero-order chi connectivity index (χ0) is 21.0. The summed E-state index contributed by atoms with van der Waals surface area (Å²) in [6, 6.07) is 17.9. The van der Waals surface area contributed by atoms with E-state index in [9.17, 15) is 23.1 Å². The summed E-state index contributed by atoms with van der Waals surface area (Å²) in [4.78, 5) is 23.3. The van der Waals surface area contributed by atoms with E-state index in [2.05, 4.69) is 32.6 Å². The number of carbonyl (C=O) groups excluding carboxylic acids is 2. The van der Waals surface area contributed by atoms with Crippen molar-refractivity contribution in [3.05, 3.63) is 87.5 Å². The lowest BCUT2D eigenvalue weighted by molar-refractivity contribution is -0.255. The van der Waals surface area contributed by atoms with Crippen LogP contribution in [0.15, 0.2) is 77.7 Å². The van der Waals surface area contributed by atoms with Gasteiger partial charge in [0.1, 0.15) is 0 Å². The van der Waals surface area contributed by atoms with Crippen LogP contribution in [0.1, 0.15) is 20.7 Å². The maximum absolute atomic E-state index is 12.6. The van der Waals surface area contributed by atoms with Gasteiger partial charge in [-0.15, -0.1) is 0 Å². The van der Waals surface area contributed by atoms with Crippen LogP contribution < -0.4 is 15.1 Å². The molecule has 0 aliphatic carbocycles. The summed E-state index contributed by atoms with van der Waals surface area (Å²) in [5, 5.41) is 13.5. The van der Waals surface area contributed by atoms with E-state index in [0.29, 0.717) is 5.69 Å². The van der Waals surface area contributed by atoms with Gasteiger partial charge in [-0.3, -0.25) is 9.52 Å². The third-order valence-corrected chi connectivity index (χ3v) is 5.96. The monoisotopic (exact) mass is 521 g/mol. The molecule has 0 heterocycles. The fourth-order valence-electron chi connectivity index (χ4n) is 2.46. The van der Waals surface area contributed by atoms with E-state index in [1.165, 1.54) is 48.5 Å². The van der Waals surface area contributed by atoms with Crippen LogP contribution in [0.5, 0.6) is 0 Å². The van der Waals surface area contributed by atoms with E-state index < -0.39 is 21.9 Å². The molecule has 0 radical (unpaired) electrons. The summed E-state index contributed by atoms with van der Waals surface area (Å²) in [7, 11) is -3.89. The second-order valence-corrected chi connectivity index (χ2v) is 8.89. The molecule has 0 fully saturated rings. The normalized spacial score (nSPS) is 10.9. The average Bonchev–Trinajstić information content (AvgIpc) is 2.70. The molecule has 3 rings (SSSR count). The molecule has 0 aliphatic heterocycles. The van der Waals surface area contributed by atoms with Gasteiger partial charge in [0.2, 0.25) is 0 Å². The molecule has 3 aromatic rings. The highest BCUT2D eigenvalue weighted by Crippen LogP contribution is 2.19. The molecule has 2 N–H and O–H groups in total. The Balaban J connectivity index is 1.81. The van der Waals surface area contributed by atoms with Crippen molar-refractivity contribution in [2.45, 2.75) is 4.90 Å². The number of carboxylic acid groups (broad SMARTS) is 1. The molecular formula is C20H14IN2O5S-. The fourth-order valence-corrected chi connectivity index (χ4v) is 3.93. The number of anilines is 2. The zero-order valence-electron chi connectivity index (χ0n) is 14.8. The third-order valence-electron chi connectivity index (χ3n) is 3.86. The lowest BCUT2D eigenvalue weighted by Crippen LogP contribution is -2.22. The van der Waals surface area contributed by atoms with Crippen molar-refractivity contribution in [3.63, 3.8) is 0 Å². The van der Waals surface area contributed by atoms with Gasteiger partial charge in [0.25, 0.3) is 15.9 Å². The minimum absolute atomic E-state index is 0.0767. The number of aromatic carboxylic acids is 1. The van der Waals surface area contributed by atoms with Crippen LogP contribution in [0, 0.1) is 3.57 Å². The Morgan fingerprint density at radius 1 is 0.828 bits per heavy atom. The first-order valence-corrected chi connectivity index (χ1v) is 10.8. The fraction of sp³-hybridized carbons (Fsp3) is 0. The molecule has 0 atom stereocenters. The zero-order valence-corrected chi connectivity index (χ0v) is 17.7. The van der Waals surface area contributed by atoms with Crippen LogP contribution in [0.3, 0.4) is 0 Å². The maximum Gasteiger partial charge on any atom is 0.261 e. The number of hydrogen-bond donors (Lipinski definition) is 2. The Bertz CT molecular complexity index is 1180. The highest BCUT2D eigenvalue weighted by Gasteiger charge is 2.17. The standard InChI is InChI=1S/C20H15IN2O5S/c21-15-7-9-16(10-8-15)23-29(27,28)18-6-2-3-13(12-18)19(24)22-17-5-1-4-14(11-17)20(25)26/h1-12,23H,(H,22,24)(H,25,26)/p-1. The summed E-state index contributed by atoms with van der Waals surface area (Å²) in [6.07, 6.45) is 0. The topological polar surface area (TPSA) is 115 Å². The van der Waals surface area contributed by atoms with E-state index in [1.54, 1.807) is 24.3 Å². The average molecular weight is 521 g/mol. The molecule has 0 saturated carbocycles. The Kier molecular flexibility index (Phi) is 6.18.